The van der Waals surface area contributed by atoms with E-state index in [2.05, 4.69) is 5.32 Å². The van der Waals surface area contributed by atoms with Crippen molar-refractivity contribution in [3.63, 3.8) is 0 Å². The number of imide groups is 1. The van der Waals surface area contributed by atoms with E-state index in [4.69, 9.17) is 10.5 Å². The summed E-state index contributed by atoms with van der Waals surface area (Å²) in [4.78, 5) is 39.0. The van der Waals surface area contributed by atoms with Gasteiger partial charge >= 0.3 is 0 Å². The summed E-state index contributed by atoms with van der Waals surface area (Å²) in [5.41, 5.74) is 6.13. The van der Waals surface area contributed by atoms with E-state index in [0.717, 1.165) is 10.6 Å². The highest BCUT2D eigenvalue weighted by Crippen LogP contribution is 2.31. The van der Waals surface area contributed by atoms with Crippen molar-refractivity contribution in [2.75, 3.05) is 42.7 Å². The smallest absolute Gasteiger partial charge is 0.262 e. The first kappa shape index (κ1) is 20.1. The minimum Gasteiger partial charge on any atom is -0.384 e. The Morgan fingerprint density at radius 2 is 1.77 bits per heavy atom. The van der Waals surface area contributed by atoms with Gasteiger partial charge < -0.3 is 15.4 Å². The van der Waals surface area contributed by atoms with Crippen molar-refractivity contribution >= 4 is 33.2 Å². The molecule has 10 nitrogen and oxygen atoms in total. The predicted molar refractivity (Wildman–Crippen MR) is 109 cm³/mol. The number of pyridine rings is 1. The lowest BCUT2D eigenvalue weighted by atomic mass is 10.1. The van der Waals surface area contributed by atoms with Gasteiger partial charge in [0.2, 0.25) is 0 Å². The summed E-state index contributed by atoms with van der Waals surface area (Å²) in [5.74, 6) is -1.73. The zero-order valence-corrected chi connectivity index (χ0v) is 17.0. The second-order valence-corrected chi connectivity index (χ2v) is 9.21. The molecule has 3 heterocycles. The number of amides is 2. The van der Waals surface area contributed by atoms with Crippen LogP contribution in [0, 0.1) is 0 Å². The summed E-state index contributed by atoms with van der Waals surface area (Å²) in [6, 6.07) is 5.52. The summed E-state index contributed by atoms with van der Waals surface area (Å²) in [5, 5.41) is 2.12. The minimum atomic E-state index is -3.57. The van der Waals surface area contributed by atoms with Crippen LogP contribution in [0.3, 0.4) is 0 Å². The molecule has 2 aromatic rings. The van der Waals surface area contributed by atoms with E-state index in [9.17, 15) is 22.8 Å². The molecule has 1 saturated heterocycles. The summed E-state index contributed by atoms with van der Waals surface area (Å²) < 4.78 is 31.4. The maximum absolute atomic E-state index is 12.9. The van der Waals surface area contributed by atoms with Gasteiger partial charge in [-0.3, -0.25) is 24.3 Å². The Bertz CT molecular complexity index is 1230. The number of morpholine rings is 1. The SMILES string of the molecule is CCS(=O)(=O)c1ccc(N2CCOCC2)c(-n2c(N)c3c(cc2=O)C(=O)NC3=O)c1. The molecule has 0 saturated carbocycles. The zero-order valence-electron chi connectivity index (χ0n) is 16.2. The molecule has 1 aromatic heterocycles. The fraction of sp³-hybridized carbons (Fsp3) is 0.316. The molecule has 0 atom stereocenters. The Hall–Kier alpha value is -3.18. The van der Waals surface area contributed by atoms with Crippen molar-refractivity contribution in [1.29, 1.82) is 0 Å². The van der Waals surface area contributed by atoms with Crippen LogP contribution in [-0.2, 0) is 14.6 Å². The first-order valence-corrected chi connectivity index (χ1v) is 11.0. The molecule has 158 valence electrons. The quantitative estimate of drug-likeness (QED) is 0.640. The lowest BCUT2D eigenvalue weighted by molar-refractivity contribution is 0.0880. The first-order valence-electron chi connectivity index (χ1n) is 9.35. The largest absolute Gasteiger partial charge is 0.384 e. The van der Waals surface area contributed by atoms with Crippen LogP contribution in [0.4, 0.5) is 11.5 Å². The van der Waals surface area contributed by atoms with Crippen LogP contribution in [0.5, 0.6) is 0 Å². The molecule has 0 bridgehead atoms. The summed E-state index contributed by atoms with van der Waals surface area (Å²) in [6.07, 6.45) is 0. The average molecular weight is 432 g/mol. The molecule has 3 N–H and O–H groups in total. The van der Waals surface area contributed by atoms with Crippen molar-refractivity contribution in [1.82, 2.24) is 9.88 Å². The highest BCUT2D eigenvalue weighted by molar-refractivity contribution is 7.91. The van der Waals surface area contributed by atoms with E-state index in [1.54, 1.807) is 6.07 Å². The molecule has 0 aliphatic carbocycles. The average Bonchev–Trinajstić information content (AvgIpc) is 3.02. The van der Waals surface area contributed by atoms with Gasteiger partial charge in [-0.1, -0.05) is 6.92 Å². The molecule has 4 rings (SSSR count). The number of carbonyl (C=O) groups excluding carboxylic acids is 2. The van der Waals surface area contributed by atoms with Crippen LogP contribution in [0.1, 0.15) is 27.6 Å². The van der Waals surface area contributed by atoms with E-state index in [1.807, 2.05) is 4.90 Å². The standard InChI is InChI=1S/C19H20N4O6S/c1-2-30(27,28)11-3-4-13(22-5-7-29-8-6-22)14(9-11)23-15(24)10-12-16(17(23)20)19(26)21-18(12)25/h3-4,9-10H,2,5-8,20H2,1H3,(H,21,25,26). The molecule has 0 unspecified atom stereocenters. The Balaban J connectivity index is 2.01. The molecule has 2 aliphatic rings. The van der Waals surface area contributed by atoms with Gasteiger partial charge in [-0.25, -0.2) is 8.42 Å². The number of benzene rings is 1. The lowest BCUT2D eigenvalue weighted by Gasteiger charge is -2.31. The first-order chi connectivity index (χ1) is 14.2. The third-order valence-electron chi connectivity index (χ3n) is 5.23. The van der Waals surface area contributed by atoms with Gasteiger partial charge in [0, 0.05) is 19.2 Å². The lowest BCUT2D eigenvalue weighted by Crippen LogP contribution is -2.37. The van der Waals surface area contributed by atoms with Crippen LogP contribution < -0.4 is 21.5 Å². The highest BCUT2D eigenvalue weighted by Gasteiger charge is 2.33. The third kappa shape index (κ3) is 3.15. The fourth-order valence-corrected chi connectivity index (χ4v) is 4.54. The molecule has 1 fully saturated rings. The zero-order chi connectivity index (χ0) is 21.6. The number of ether oxygens (including phenoxy) is 1. The van der Waals surface area contributed by atoms with Gasteiger partial charge in [0.25, 0.3) is 17.4 Å². The monoisotopic (exact) mass is 432 g/mol. The Kier molecular flexibility index (Phi) is 4.86. The molecule has 1 aromatic carbocycles. The molecule has 0 spiro atoms. The van der Waals surface area contributed by atoms with Gasteiger partial charge in [-0.2, -0.15) is 0 Å². The normalized spacial score (nSPS) is 16.5. The highest BCUT2D eigenvalue weighted by atomic mass is 32.2. The van der Waals surface area contributed by atoms with E-state index in [1.165, 1.54) is 19.1 Å². The van der Waals surface area contributed by atoms with Crippen LogP contribution in [0.15, 0.2) is 34.0 Å². The van der Waals surface area contributed by atoms with Gasteiger partial charge in [0.05, 0.1) is 46.4 Å². The van der Waals surface area contributed by atoms with Gasteiger partial charge in [-0.05, 0) is 18.2 Å². The number of nitrogens with one attached hydrogen (secondary N) is 1. The van der Waals surface area contributed by atoms with Crippen LogP contribution >= 0.6 is 0 Å². The van der Waals surface area contributed by atoms with Gasteiger partial charge in [-0.15, -0.1) is 0 Å². The molecular weight excluding hydrogens is 412 g/mol. The third-order valence-corrected chi connectivity index (χ3v) is 6.96. The molecule has 2 amide bonds. The topological polar surface area (TPSA) is 141 Å². The Morgan fingerprint density at radius 1 is 1.07 bits per heavy atom. The van der Waals surface area contributed by atoms with Crippen molar-refractivity contribution in [3.8, 4) is 5.69 Å². The number of sulfone groups is 1. The molecule has 11 heteroatoms. The maximum Gasteiger partial charge on any atom is 0.262 e. The Morgan fingerprint density at radius 3 is 2.43 bits per heavy atom. The summed E-state index contributed by atoms with van der Waals surface area (Å²) >= 11 is 0. The molecule has 0 radical (unpaired) electrons. The van der Waals surface area contributed by atoms with Crippen LogP contribution in [0.25, 0.3) is 5.69 Å². The number of carbonyl (C=O) groups is 2. The van der Waals surface area contributed by atoms with E-state index in [0.29, 0.717) is 32.0 Å². The number of nitrogens with zero attached hydrogens (tertiary/aromatic N) is 2. The number of aromatic nitrogens is 1. The minimum absolute atomic E-state index is 0.0318. The van der Waals surface area contributed by atoms with E-state index >= 15 is 0 Å². The number of nitrogens with two attached hydrogens (primary N) is 1. The number of anilines is 2. The van der Waals surface area contributed by atoms with Gasteiger partial charge in [0.15, 0.2) is 9.84 Å². The predicted octanol–water partition coefficient (Wildman–Crippen LogP) is -0.0665. The van der Waals surface area contributed by atoms with Crippen molar-refractivity contribution < 1.29 is 22.7 Å². The number of fused-ring (bicyclic) bond motifs is 1. The number of hydrogen-bond donors (Lipinski definition) is 2. The fourth-order valence-electron chi connectivity index (χ4n) is 3.64. The van der Waals surface area contributed by atoms with E-state index in [-0.39, 0.29) is 33.3 Å². The summed E-state index contributed by atoms with van der Waals surface area (Å²) in [6.45, 7) is 3.54. The van der Waals surface area contributed by atoms with Crippen molar-refractivity contribution in [2.45, 2.75) is 11.8 Å². The van der Waals surface area contributed by atoms with E-state index < -0.39 is 27.2 Å². The summed E-state index contributed by atoms with van der Waals surface area (Å²) in [7, 11) is -3.57. The number of rotatable bonds is 4. The number of nitrogen functional groups attached to an aromatic ring is 1. The number of hydrogen-bond acceptors (Lipinski definition) is 8. The second kappa shape index (κ2) is 7.26. The maximum atomic E-state index is 12.9. The van der Waals surface area contributed by atoms with Crippen LogP contribution in [-0.4, -0.2) is 56.9 Å². The second-order valence-electron chi connectivity index (χ2n) is 6.93. The molecular formula is C19H20N4O6S. The molecule has 30 heavy (non-hydrogen) atoms. The van der Waals surface area contributed by atoms with Crippen molar-refractivity contribution in [2.24, 2.45) is 0 Å². The van der Waals surface area contributed by atoms with Crippen LogP contribution in [0.2, 0.25) is 0 Å². The van der Waals surface area contributed by atoms with Crippen molar-refractivity contribution in [3.05, 3.63) is 45.7 Å². The Labute approximate surface area is 172 Å². The molecule has 2 aliphatic heterocycles. The van der Waals surface area contributed by atoms with Gasteiger partial charge in [0.1, 0.15) is 5.82 Å².